The van der Waals surface area contributed by atoms with Crippen molar-refractivity contribution in [2.45, 2.75) is 76.7 Å². The zero-order chi connectivity index (χ0) is 24.0. The number of nitriles is 2. The van der Waals surface area contributed by atoms with E-state index in [9.17, 15) is 0 Å². The van der Waals surface area contributed by atoms with Gasteiger partial charge in [0.05, 0.1) is 23.9 Å². The quantitative estimate of drug-likeness (QED) is 0.357. The van der Waals surface area contributed by atoms with Crippen LogP contribution in [0.4, 0.5) is 0 Å². The summed E-state index contributed by atoms with van der Waals surface area (Å²) in [6.45, 7) is 0. The van der Waals surface area contributed by atoms with Gasteiger partial charge in [-0.25, -0.2) is 15.0 Å². The van der Waals surface area contributed by atoms with Gasteiger partial charge in [-0.3, -0.25) is 0 Å². The van der Waals surface area contributed by atoms with Gasteiger partial charge in [-0.1, -0.05) is 19.3 Å². The molecule has 0 radical (unpaired) electrons. The summed E-state index contributed by atoms with van der Waals surface area (Å²) in [4.78, 5) is 20.2. The van der Waals surface area contributed by atoms with Crippen LogP contribution in [0.25, 0.3) is 33.7 Å². The molecule has 8 heteroatoms. The molecular weight excluding hydrogens is 436 g/mol. The second-order valence-corrected chi connectivity index (χ2v) is 9.88. The number of hydrogen-bond acceptors (Lipinski definition) is 5. The van der Waals surface area contributed by atoms with Gasteiger partial charge in [0.2, 0.25) is 0 Å². The number of pyridine rings is 1. The van der Waals surface area contributed by atoms with Gasteiger partial charge < -0.3 is 14.5 Å². The Morgan fingerprint density at radius 3 is 2.31 bits per heavy atom. The average Bonchev–Trinajstić information content (AvgIpc) is 3.65. The molecule has 0 aliphatic heterocycles. The smallest absolute Gasteiger partial charge is 0.177 e. The van der Waals surface area contributed by atoms with Crippen LogP contribution >= 0.6 is 0 Å². The van der Waals surface area contributed by atoms with E-state index < -0.39 is 0 Å². The van der Waals surface area contributed by atoms with Crippen LogP contribution in [0.1, 0.15) is 76.7 Å². The molecule has 0 saturated heterocycles. The first kappa shape index (κ1) is 23.1. The molecule has 8 nitrogen and oxygen atoms in total. The zero-order valence-corrected chi connectivity index (χ0v) is 20.1. The highest BCUT2D eigenvalue weighted by atomic mass is 15.2. The third kappa shape index (κ3) is 4.93. The van der Waals surface area contributed by atoms with Crippen molar-refractivity contribution in [2.24, 2.45) is 11.8 Å². The molecule has 0 amide bonds. The predicted molar refractivity (Wildman–Crippen MR) is 135 cm³/mol. The van der Waals surface area contributed by atoms with Gasteiger partial charge in [0.15, 0.2) is 11.6 Å². The standard InChI is InChI=1S/C19H19N7.C8H13N/c20-7-5-12-1-3-13(4-2-12)26-16-14-6-8-21-17(14)24-11-15(16)25-19(26)18-22-9-10-23-18;9-7-6-8-4-2-1-3-5-8/h6,8-13H,1-5H2,(H,21,24)(H,22,23);8H,1-6H2. The van der Waals surface area contributed by atoms with Gasteiger partial charge in [0.1, 0.15) is 11.2 Å². The van der Waals surface area contributed by atoms with Crippen molar-refractivity contribution in [3.8, 4) is 23.8 Å². The Morgan fingerprint density at radius 1 is 0.886 bits per heavy atom. The summed E-state index contributed by atoms with van der Waals surface area (Å²) in [5.74, 6) is 2.91. The summed E-state index contributed by atoms with van der Waals surface area (Å²) in [6.07, 6.45) is 19.8. The maximum absolute atomic E-state index is 8.99. The van der Waals surface area contributed by atoms with E-state index in [-0.39, 0.29) is 0 Å². The summed E-state index contributed by atoms with van der Waals surface area (Å²) < 4.78 is 2.34. The number of rotatable bonds is 4. The molecule has 2 saturated carbocycles. The number of H-pyrrole nitrogens is 2. The van der Waals surface area contributed by atoms with Crippen molar-refractivity contribution < 1.29 is 0 Å². The number of nitrogens with zero attached hydrogens (tertiary/aromatic N) is 6. The second kappa shape index (κ2) is 10.7. The highest BCUT2D eigenvalue weighted by Gasteiger charge is 2.28. The summed E-state index contributed by atoms with van der Waals surface area (Å²) in [6, 6.07) is 6.98. The fourth-order valence-corrected chi connectivity index (χ4v) is 5.76. The lowest BCUT2D eigenvalue weighted by Gasteiger charge is -2.29. The SMILES string of the molecule is N#CCC1CCC(n2c(-c3ncc[nH]3)nc3cnc4[nH]ccc4c32)CC1.N#CCC1CCCCC1. The largest absolute Gasteiger partial charge is 0.346 e. The van der Waals surface area contributed by atoms with Crippen molar-refractivity contribution in [3.05, 3.63) is 30.9 Å². The Balaban J connectivity index is 0.000000239. The van der Waals surface area contributed by atoms with Crippen LogP contribution in [-0.4, -0.2) is 29.5 Å². The molecule has 2 fully saturated rings. The second-order valence-electron chi connectivity index (χ2n) is 9.88. The van der Waals surface area contributed by atoms with Crippen molar-refractivity contribution in [2.75, 3.05) is 0 Å². The van der Waals surface area contributed by atoms with Crippen molar-refractivity contribution in [3.63, 3.8) is 0 Å². The molecule has 6 rings (SSSR count). The normalized spacial score (nSPS) is 20.7. The fraction of sp³-hybridized carbons (Fsp3) is 0.519. The molecule has 2 aliphatic rings. The molecule has 2 aliphatic carbocycles. The van der Waals surface area contributed by atoms with E-state index in [1.54, 1.807) is 6.20 Å². The van der Waals surface area contributed by atoms with Crippen LogP contribution in [0.2, 0.25) is 0 Å². The van der Waals surface area contributed by atoms with Gasteiger partial charge in [0.25, 0.3) is 0 Å². The fourth-order valence-electron chi connectivity index (χ4n) is 5.76. The lowest BCUT2D eigenvalue weighted by Crippen LogP contribution is -2.19. The number of aromatic amines is 2. The Bertz CT molecular complexity index is 1320. The van der Waals surface area contributed by atoms with Crippen LogP contribution in [0, 0.1) is 34.5 Å². The van der Waals surface area contributed by atoms with Crippen molar-refractivity contribution >= 4 is 22.1 Å². The Hall–Kier alpha value is -3.65. The minimum Gasteiger partial charge on any atom is -0.346 e. The molecule has 0 spiro atoms. The third-order valence-electron chi connectivity index (χ3n) is 7.61. The van der Waals surface area contributed by atoms with Gasteiger partial charge in [-0.15, -0.1) is 0 Å². The summed E-state index contributed by atoms with van der Waals surface area (Å²) in [5.41, 5.74) is 2.89. The number of hydrogen-bond donors (Lipinski definition) is 2. The van der Waals surface area contributed by atoms with Gasteiger partial charge in [-0.2, -0.15) is 10.5 Å². The lowest BCUT2D eigenvalue weighted by atomic mass is 9.84. The maximum atomic E-state index is 8.99. The number of imidazole rings is 2. The lowest BCUT2D eigenvalue weighted by molar-refractivity contribution is 0.283. The van der Waals surface area contributed by atoms with Crippen LogP contribution in [0.15, 0.2) is 30.9 Å². The molecular formula is C27H32N8. The van der Waals surface area contributed by atoms with E-state index in [0.717, 1.165) is 71.7 Å². The molecule has 35 heavy (non-hydrogen) atoms. The third-order valence-corrected chi connectivity index (χ3v) is 7.61. The van der Waals surface area contributed by atoms with Crippen molar-refractivity contribution in [1.29, 1.82) is 10.5 Å². The first-order valence-electron chi connectivity index (χ1n) is 12.9. The van der Waals surface area contributed by atoms with Crippen LogP contribution in [0.5, 0.6) is 0 Å². The van der Waals surface area contributed by atoms with Crippen molar-refractivity contribution in [1.82, 2.24) is 29.5 Å². The molecule has 0 atom stereocenters. The summed E-state index contributed by atoms with van der Waals surface area (Å²) in [7, 11) is 0. The minimum atomic E-state index is 0.357. The first-order chi connectivity index (χ1) is 17.3. The first-order valence-corrected chi connectivity index (χ1v) is 12.9. The maximum Gasteiger partial charge on any atom is 0.177 e. The van der Waals surface area contributed by atoms with E-state index in [1.165, 1.54) is 32.1 Å². The Kier molecular flexibility index (Phi) is 7.09. The highest BCUT2D eigenvalue weighted by molar-refractivity contribution is 6.02. The molecule has 0 unspecified atom stereocenters. The molecule has 2 N–H and O–H groups in total. The highest BCUT2D eigenvalue weighted by Crippen LogP contribution is 2.39. The summed E-state index contributed by atoms with van der Waals surface area (Å²) >= 11 is 0. The molecule has 0 bridgehead atoms. The predicted octanol–water partition coefficient (Wildman–Crippen LogP) is 6.43. The minimum absolute atomic E-state index is 0.357. The van der Waals surface area contributed by atoms with E-state index >= 15 is 0 Å². The van der Waals surface area contributed by atoms with E-state index in [0.29, 0.717) is 18.4 Å². The van der Waals surface area contributed by atoms with Crippen LogP contribution < -0.4 is 0 Å². The Morgan fingerprint density at radius 2 is 1.63 bits per heavy atom. The van der Waals surface area contributed by atoms with E-state index in [2.05, 4.69) is 42.7 Å². The zero-order valence-electron chi connectivity index (χ0n) is 20.1. The van der Waals surface area contributed by atoms with E-state index in [4.69, 9.17) is 15.5 Å². The molecule has 4 aromatic heterocycles. The van der Waals surface area contributed by atoms with E-state index in [1.807, 2.05) is 18.6 Å². The average molecular weight is 469 g/mol. The van der Waals surface area contributed by atoms with Crippen LogP contribution in [-0.2, 0) is 0 Å². The topological polar surface area (TPSA) is 123 Å². The summed E-state index contributed by atoms with van der Waals surface area (Å²) in [5, 5.41) is 18.4. The van der Waals surface area contributed by atoms with Gasteiger partial charge >= 0.3 is 0 Å². The molecule has 4 heterocycles. The van der Waals surface area contributed by atoms with Crippen LogP contribution in [0.3, 0.4) is 0 Å². The number of aromatic nitrogens is 6. The number of fused-ring (bicyclic) bond motifs is 3. The Labute approximate surface area is 205 Å². The van der Waals surface area contributed by atoms with Gasteiger partial charge in [-0.05, 0) is 56.4 Å². The number of nitrogens with one attached hydrogen (secondary N) is 2. The monoisotopic (exact) mass is 468 g/mol. The molecule has 180 valence electrons. The molecule has 0 aromatic carbocycles. The van der Waals surface area contributed by atoms with Gasteiger partial charge in [0, 0.05) is 42.9 Å². The molecule has 4 aromatic rings.